The maximum absolute atomic E-state index is 12.1. The lowest BCUT2D eigenvalue weighted by molar-refractivity contribution is 0.0955. The van der Waals surface area contributed by atoms with Crippen molar-refractivity contribution < 1.29 is 4.79 Å². The van der Waals surface area contributed by atoms with Crippen LogP contribution in [0.25, 0.3) is 0 Å². The number of carbonyl (C=O) groups is 1. The van der Waals surface area contributed by atoms with Crippen LogP contribution >= 0.6 is 0 Å². The summed E-state index contributed by atoms with van der Waals surface area (Å²) in [6, 6.07) is 32.1. The minimum absolute atomic E-state index is 0.121. The summed E-state index contributed by atoms with van der Waals surface area (Å²) in [4.78, 5) is 16.0. The first-order valence-electron chi connectivity index (χ1n) is 11.1. The predicted octanol–water partition coefficient (Wildman–Crippen LogP) is 5.20. The third-order valence-corrected chi connectivity index (χ3v) is 5.68. The van der Waals surface area contributed by atoms with E-state index in [0.29, 0.717) is 5.56 Å². The van der Waals surface area contributed by atoms with Crippen LogP contribution in [0.3, 0.4) is 0 Å². The molecule has 166 valence electrons. The summed E-state index contributed by atoms with van der Waals surface area (Å²) < 4.78 is 0. The molecule has 1 aliphatic rings. The second kappa shape index (κ2) is 9.92. The van der Waals surface area contributed by atoms with Gasteiger partial charge in [0.25, 0.3) is 5.91 Å². The van der Waals surface area contributed by atoms with Gasteiger partial charge >= 0.3 is 0 Å². The number of carbonyl (C=O) groups excluding carboxylic acids is 1. The molecule has 0 bridgehead atoms. The molecular formula is C28H23N5O. The normalized spacial score (nSPS) is 15.4. The van der Waals surface area contributed by atoms with Gasteiger partial charge in [-0.2, -0.15) is 10.2 Å². The van der Waals surface area contributed by atoms with Gasteiger partial charge in [-0.05, 0) is 41.0 Å². The molecular weight excluding hydrogens is 422 g/mol. The van der Waals surface area contributed by atoms with Crippen molar-refractivity contribution in [2.75, 3.05) is 5.01 Å². The van der Waals surface area contributed by atoms with E-state index < -0.39 is 0 Å². The number of anilines is 1. The molecule has 0 aliphatic carbocycles. The highest BCUT2D eigenvalue weighted by molar-refractivity contribution is 6.03. The highest BCUT2D eigenvalue weighted by Crippen LogP contribution is 2.36. The molecule has 0 spiro atoms. The lowest BCUT2D eigenvalue weighted by Gasteiger charge is -2.24. The van der Waals surface area contributed by atoms with E-state index in [1.807, 2.05) is 48.5 Å². The molecule has 34 heavy (non-hydrogen) atoms. The molecule has 0 saturated carbocycles. The SMILES string of the molecule is O=C(N/N=C\c1ccc(N2N=C(c3ccccc3)C[C@H]2c2ccccc2)cc1)c1ccncc1. The predicted molar refractivity (Wildman–Crippen MR) is 135 cm³/mol. The standard InChI is InChI=1S/C28H23N5O/c34-28(24-15-17-29-18-16-24)31-30-20-21-11-13-25(14-12-21)33-27(23-9-5-2-6-10-23)19-26(32-33)22-7-3-1-4-8-22/h1-18,20,27H,19H2,(H,31,34)/b30-20-/t27-/m0/s1. The van der Waals surface area contributed by atoms with Crippen molar-refractivity contribution in [3.05, 3.63) is 132 Å². The minimum atomic E-state index is -0.277. The number of nitrogens with one attached hydrogen (secondary N) is 1. The van der Waals surface area contributed by atoms with E-state index >= 15 is 0 Å². The quantitative estimate of drug-likeness (QED) is 0.328. The number of pyridine rings is 1. The zero-order valence-electron chi connectivity index (χ0n) is 18.5. The van der Waals surface area contributed by atoms with Crippen LogP contribution in [-0.4, -0.2) is 22.8 Å². The summed E-state index contributed by atoms with van der Waals surface area (Å²) in [5.74, 6) is -0.277. The van der Waals surface area contributed by atoms with Gasteiger partial charge in [-0.25, -0.2) is 5.43 Å². The zero-order chi connectivity index (χ0) is 23.2. The first-order valence-corrected chi connectivity index (χ1v) is 11.1. The molecule has 0 saturated heterocycles. The summed E-state index contributed by atoms with van der Waals surface area (Å²) in [5.41, 5.74) is 8.35. The van der Waals surface area contributed by atoms with Crippen LogP contribution in [0.1, 0.15) is 39.5 Å². The zero-order valence-corrected chi connectivity index (χ0v) is 18.5. The molecule has 1 N–H and O–H groups in total. The van der Waals surface area contributed by atoms with Crippen molar-refractivity contribution >= 4 is 23.5 Å². The van der Waals surface area contributed by atoms with E-state index in [2.05, 4.69) is 56.9 Å². The third kappa shape index (κ3) is 4.76. The Morgan fingerprint density at radius 1 is 0.882 bits per heavy atom. The molecule has 2 heterocycles. The summed E-state index contributed by atoms with van der Waals surface area (Å²) >= 11 is 0. The molecule has 1 aliphatic heterocycles. The van der Waals surface area contributed by atoms with Crippen molar-refractivity contribution in [1.29, 1.82) is 0 Å². The molecule has 1 amide bonds. The van der Waals surface area contributed by atoms with Crippen LogP contribution in [-0.2, 0) is 0 Å². The molecule has 0 fully saturated rings. The Kier molecular flexibility index (Phi) is 6.21. The van der Waals surface area contributed by atoms with Gasteiger partial charge in [-0.3, -0.25) is 14.8 Å². The first kappa shape index (κ1) is 21.3. The third-order valence-electron chi connectivity index (χ3n) is 5.68. The fraction of sp³-hybridized carbons (Fsp3) is 0.0714. The van der Waals surface area contributed by atoms with Crippen molar-refractivity contribution in [2.45, 2.75) is 12.5 Å². The number of aromatic nitrogens is 1. The van der Waals surface area contributed by atoms with Gasteiger partial charge in [-0.1, -0.05) is 72.8 Å². The van der Waals surface area contributed by atoms with Gasteiger partial charge in [0, 0.05) is 24.4 Å². The number of hydrogen-bond acceptors (Lipinski definition) is 5. The number of hydrazone groups is 2. The van der Waals surface area contributed by atoms with Crippen LogP contribution in [0.15, 0.2) is 120 Å². The largest absolute Gasteiger partial charge is 0.271 e. The fourth-order valence-electron chi connectivity index (χ4n) is 3.93. The van der Waals surface area contributed by atoms with E-state index in [-0.39, 0.29) is 11.9 Å². The summed E-state index contributed by atoms with van der Waals surface area (Å²) in [5, 5.41) is 11.1. The van der Waals surface area contributed by atoms with Gasteiger partial charge < -0.3 is 0 Å². The second-order valence-corrected chi connectivity index (χ2v) is 7.91. The number of rotatable bonds is 6. The molecule has 6 nitrogen and oxygen atoms in total. The Labute approximate surface area is 198 Å². The van der Waals surface area contributed by atoms with Crippen molar-refractivity contribution in [1.82, 2.24) is 10.4 Å². The first-order chi connectivity index (χ1) is 16.8. The topological polar surface area (TPSA) is 70.0 Å². The van der Waals surface area contributed by atoms with Gasteiger partial charge in [0.05, 0.1) is 23.7 Å². The average molecular weight is 446 g/mol. The molecule has 4 aromatic rings. The maximum Gasteiger partial charge on any atom is 0.271 e. The molecule has 1 atom stereocenters. The van der Waals surface area contributed by atoms with Gasteiger partial charge in [-0.15, -0.1) is 0 Å². The molecule has 6 heteroatoms. The van der Waals surface area contributed by atoms with E-state index in [1.54, 1.807) is 30.7 Å². The highest BCUT2D eigenvalue weighted by Gasteiger charge is 2.29. The Hall–Kier alpha value is -4.58. The number of hydrogen-bond donors (Lipinski definition) is 1. The number of nitrogens with zero attached hydrogens (tertiary/aromatic N) is 4. The maximum atomic E-state index is 12.1. The highest BCUT2D eigenvalue weighted by atomic mass is 16.2. The lowest BCUT2D eigenvalue weighted by Crippen LogP contribution is -2.18. The minimum Gasteiger partial charge on any atom is -0.267 e. The molecule has 3 aromatic carbocycles. The Morgan fingerprint density at radius 2 is 1.56 bits per heavy atom. The number of benzene rings is 3. The monoisotopic (exact) mass is 445 g/mol. The van der Waals surface area contributed by atoms with E-state index in [1.165, 1.54) is 5.56 Å². The number of amides is 1. The Balaban J connectivity index is 1.34. The second-order valence-electron chi connectivity index (χ2n) is 7.91. The van der Waals surface area contributed by atoms with Crippen LogP contribution in [0.2, 0.25) is 0 Å². The van der Waals surface area contributed by atoms with Crippen LogP contribution in [0, 0.1) is 0 Å². The van der Waals surface area contributed by atoms with E-state index in [0.717, 1.165) is 28.9 Å². The Bertz CT molecular complexity index is 1300. The smallest absolute Gasteiger partial charge is 0.267 e. The molecule has 1 aromatic heterocycles. The summed E-state index contributed by atoms with van der Waals surface area (Å²) in [6.07, 6.45) is 5.60. The fourth-order valence-corrected chi connectivity index (χ4v) is 3.93. The lowest BCUT2D eigenvalue weighted by atomic mass is 9.98. The molecule has 0 unspecified atom stereocenters. The summed E-state index contributed by atoms with van der Waals surface area (Å²) in [6.45, 7) is 0. The van der Waals surface area contributed by atoms with Crippen LogP contribution < -0.4 is 10.4 Å². The van der Waals surface area contributed by atoms with E-state index in [9.17, 15) is 4.79 Å². The summed E-state index contributed by atoms with van der Waals surface area (Å²) in [7, 11) is 0. The van der Waals surface area contributed by atoms with Crippen LogP contribution in [0.4, 0.5) is 5.69 Å². The average Bonchev–Trinajstić information content (AvgIpc) is 3.36. The Morgan fingerprint density at radius 3 is 2.26 bits per heavy atom. The van der Waals surface area contributed by atoms with Crippen LogP contribution in [0.5, 0.6) is 0 Å². The van der Waals surface area contributed by atoms with Gasteiger partial charge in [0.2, 0.25) is 0 Å². The van der Waals surface area contributed by atoms with Crippen molar-refractivity contribution in [3.8, 4) is 0 Å². The molecule has 5 rings (SSSR count). The molecule has 0 radical (unpaired) electrons. The van der Waals surface area contributed by atoms with E-state index in [4.69, 9.17) is 5.10 Å². The van der Waals surface area contributed by atoms with Gasteiger partial charge in [0.1, 0.15) is 0 Å². The van der Waals surface area contributed by atoms with Crippen molar-refractivity contribution in [2.24, 2.45) is 10.2 Å². The van der Waals surface area contributed by atoms with Gasteiger partial charge in [0.15, 0.2) is 0 Å². The van der Waals surface area contributed by atoms with Crippen molar-refractivity contribution in [3.63, 3.8) is 0 Å².